The van der Waals surface area contributed by atoms with Crippen molar-refractivity contribution in [2.45, 2.75) is 57.3 Å². The predicted molar refractivity (Wildman–Crippen MR) is 186 cm³/mol. The first kappa shape index (κ1) is 34.9. The normalized spacial score (nSPS) is 19.4. The molecule has 1 unspecified atom stereocenters. The van der Waals surface area contributed by atoms with E-state index in [0.717, 1.165) is 43.6 Å². The third-order valence-corrected chi connectivity index (χ3v) is 10.5. The Labute approximate surface area is 288 Å². The number of rotatable bonds is 13. The first-order chi connectivity index (χ1) is 22.7. The average Bonchev–Trinajstić information content (AvgIpc) is 3.52. The molecule has 0 aromatic heterocycles. The van der Waals surface area contributed by atoms with Gasteiger partial charge in [-0.25, -0.2) is 0 Å². The zero-order valence-corrected chi connectivity index (χ0v) is 29.0. The summed E-state index contributed by atoms with van der Waals surface area (Å²) < 4.78 is 17.6. The predicted octanol–water partition coefficient (Wildman–Crippen LogP) is 6.88. The number of carbonyl (C=O) groups is 2. The standard InChI is InChI=1S/C37H45Cl2N3O5/c1-4-45-31-22-26(23-32(46-5-2)33(31)47-6-3)34(43)42-21-15-36(25-42,28-12-13-29(38)30(39)24-28)14-18-41-19-16-37(17-20-41,35(40)44)27-10-8-7-9-11-27/h7-13,22-24H,4-6,14-21,25H2,1-3H3,(H2,40,44). The number of hydrogen-bond donors (Lipinski definition) is 1. The monoisotopic (exact) mass is 681 g/mol. The SMILES string of the molecule is CCOc1cc(C(=O)N2CCC(CCN3CCC(C(N)=O)(c4ccccc4)CC3)(c3ccc(Cl)c(Cl)c3)C2)cc(OCC)c1OCC. The van der Waals surface area contributed by atoms with Crippen LogP contribution in [0.25, 0.3) is 0 Å². The molecule has 252 valence electrons. The number of nitrogens with two attached hydrogens (primary N) is 1. The fraction of sp³-hybridized carbons (Fsp3) is 0.459. The van der Waals surface area contributed by atoms with Crippen molar-refractivity contribution in [3.05, 3.63) is 87.4 Å². The molecule has 0 aliphatic carbocycles. The molecule has 2 aliphatic heterocycles. The average molecular weight is 683 g/mol. The third-order valence-electron chi connectivity index (χ3n) is 9.74. The number of carbonyl (C=O) groups excluding carboxylic acids is 2. The molecule has 2 aliphatic rings. The molecule has 3 aromatic carbocycles. The number of piperidine rings is 1. The van der Waals surface area contributed by atoms with Crippen LogP contribution >= 0.6 is 23.2 Å². The van der Waals surface area contributed by atoms with E-state index in [1.807, 2.05) is 74.2 Å². The Morgan fingerprint density at radius 1 is 0.787 bits per heavy atom. The van der Waals surface area contributed by atoms with Gasteiger partial charge in [0.2, 0.25) is 11.7 Å². The highest BCUT2D eigenvalue weighted by Gasteiger charge is 2.44. The van der Waals surface area contributed by atoms with E-state index in [-0.39, 0.29) is 17.2 Å². The van der Waals surface area contributed by atoms with E-state index in [9.17, 15) is 9.59 Å². The summed E-state index contributed by atoms with van der Waals surface area (Å²) in [4.78, 5) is 31.2. The lowest BCUT2D eigenvalue weighted by Crippen LogP contribution is -2.50. The minimum absolute atomic E-state index is 0.0936. The van der Waals surface area contributed by atoms with Crippen LogP contribution in [0.5, 0.6) is 17.2 Å². The van der Waals surface area contributed by atoms with Crippen LogP contribution < -0.4 is 19.9 Å². The van der Waals surface area contributed by atoms with Crippen LogP contribution in [0, 0.1) is 0 Å². The van der Waals surface area contributed by atoms with E-state index in [4.69, 9.17) is 43.1 Å². The first-order valence-electron chi connectivity index (χ1n) is 16.6. The van der Waals surface area contributed by atoms with Crippen molar-refractivity contribution in [2.24, 2.45) is 5.73 Å². The van der Waals surface area contributed by atoms with Crippen molar-refractivity contribution in [3.8, 4) is 17.2 Å². The van der Waals surface area contributed by atoms with E-state index in [1.165, 1.54) is 0 Å². The molecule has 5 rings (SSSR count). The van der Waals surface area contributed by atoms with Crippen molar-refractivity contribution < 1.29 is 23.8 Å². The highest BCUT2D eigenvalue weighted by molar-refractivity contribution is 6.42. The molecule has 2 amide bonds. The molecule has 2 saturated heterocycles. The van der Waals surface area contributed by atoms with Crippen LogP contribution in [0.3, 0.4) is 0 Å². The number of primary amides is 1. The smallest absolute Gasteiger partial charge is 0.254 e. The van der Waals surface area contributed by atoms with Gasteiger partial charge >= 0.3 is 0 Å². The van der Waals surface area contributed by atoms with Crippen molar-refractivity contribution in [1.82, 2.24) is 9.80 Å². The maximum Gasteiger partial charge on any atom is 0.254 e. The second kappa shape index (κ2) is 15.2. The molecule has 47 heavy (non-hydrogen) atoms. The first-order valence-corrected chi connectivity index (χ1v) is 17.3. The van der Waals surface area contributed by atoms with Gasteiger partial charge in [0.15, 0.2) is 11.5 Å². The van der Waals surface area contributed by atoms with Gasteiger partial charge in [-0.05, 0) is 101 Å². The van der Waals surface area contributed by atoms with E-state index in [1.54, 1.807) is 12.1 Å². The summed E-state index contributed by atoms with van der Waals surface area (Å²) in [7, 11) is 0. The molecule has 0 saturated carbocycles. The number of hydrogen-bond acceptors (Lipinski definition) is 6. The maximum absolute atomic E-state index is 14.1. The van der Waals surface area contributed by atoms with Gasteiger partial charge in [0.1, 0.15) is 0 Å². The molecule has 10 heteroatoms. The Hall–Kier alpha value is -3.46. The Kier molecular flexibility index (Phi) is 11.3. The Morgan fingerprint density at radius 2 is 1.43 bits per heavy atom. The number of halogens is 2. The Bertz CT molecular complexity index is 1530. The molecule has 0 bridgehead atoms. The summed E-state index contributed by atoms with van der Waals surface area (Å²) in [6.07, 6.45) is 2.91. The van der Waals surface area contributed by atoms with Gasteiger partial charge in [-0.3, -0.25) is 9.59 Å². The zero-order chi connectivity index (χ0) is 33.6. The summed E-state index contributed by atoms with van der Waals surface area (Å²) >= 11 is 12.9. The van der Waals surface area contributed by atoms with Crippen molar-refractivity contribution in [2.75, 3.05) is 52.5 Å². The van der Waals surface area contributed by atoms with Crippen molar-refractivity contribution in [1.29, 1.82) is 0 Å². The van der Waals surface area contributed by atoms with Gasteiger partial charge in [0.05, 0.1) is 35.3 Å². The zero-order valence-electron chi connectivity index (χ0n) is 27.5. The van der Waals surface area contributed by atoms with Crippen molar-refractivity contribution >= 4 is 35.0 Å². The van der Waals surface area contributed by atoms with E-state index in [2.05, 4.69) is 4.90 Å². The van der Waals surface area contributed by atoms with E-state index in [0.29, 0.717) is 78.6 Å². The number of benzene rings is 3. The quantitative estimate of drug-likeness (QED) is 0.211. The highest BCUT2D eigenvalue weighted by atomic mass is 35.5. The highest BCUT2D eigenvalue weighted by Crippen LogP contribution is 2.43. The third kappa shape index (κ3) is 7.35. The molecule has 1 atom stereocenters. The Balaban J connectivity index is 1.37. The van der Waals surface area contributed by atoms with Crippen molar-refractivity contribution in [3.63, 3.8) is 0 Å². The number of amides is 2. The molecule has 2 fully saturated rings. The lowest BCUT2D eigenvalue weighted by atomic mass is 9.71. The summed E-state index contributed by atoms with van der Waals surface area (Å²) in [5.74, 6) is 1.13. The van der Waals surface area contributed by atoms with Gasteiger partial charge in [-0.2, -0.15) is 0 Å². The molecule has 0 spiro atoms. The number of ether oxygens (including phenoxy) is 3. The molecule has 0 radical (unpaired) electrons. The number of nitrogens with zero attached hydrogens (tertiary/aromatic N) is 2. The van der Waals surface area contributed by atoms with E-state index >= 15 is 0 Å². The molecule has 2 heterocycles. The lowest BCUT2D eigenvalue weighted by molar-refractivity contribution is -0.125. The fourth-order valence-electron chi connectivity index (χ4n) is 7.12. The van der Waals surface area contributed by atoms with Crippen LogP contribution in [0.1, 0.15) is 67.9 Å². The summed E-state index contributed by atoms with van der Waals surface area (Å²) in [6.45, 7) is 10.4. The second-order valence-electron chi connectivity index (χ2n) is 12.4. The fourth-order valence-corrected chi connectivity index (χ4v) is 7.41. The van der Waals surface area contributed by atoms with Gasteiger partial charge in [0.25, 0.3) is 5.91 Å². The molecular weight excluding hydrogens is 637 g/mol. The van der Waals surface area contributed by atoms with Gasteiger partial charge in [-0.1, -0.05) is 59.6 Å². The summed E-state index contributed by atoms with van der Waals surface area (Å²) in [5, 5.41) is 0.993. The lowest BCUT2D eigenvalue weighted by Gasteiger charge is -2.41. The topological polar surface area (TPSA) is 94.3 Å². The van der Waals surface area contributed by atoms with Crippen LogP contribution in [-0.4, -0.2) is 74.2 Å². The van der Waals surface area contributed by atoms with Crippen LogP contribution in [0.2, 0.25) is 10.0 Å². The number of likely N-dealkylation sites (tertiary alicyclic amines) is 2. The van der Waals surface area contributed by atoms with Gasteiger partial charge in [-0.15, -0.1) is 0 Å². The minimum Gasteiger partial charge on any atom is -0.490 e. The van der Waals surface area contributed by atoms with Crippen LogP contribution in [0.4, 0.5) is 0 Å². The molecule has 8 nitrogen and oxygen atoms in total. The van der Waals surface area contributed by atoms with Gasteiger partial charge < -0.3 is 29.7 Å². The molecular formula is C37H45Cl2N3O5. The maximum atomic E-state index is 14.1. The second-order valence-corrected chi connectivity index (χ2v) is 13.2. The minimum atomic E-state index is -0.659. The summed E-state index contributed by atoms with van der Waals surface area (Å²) in [5.41, 5.74) is 7.55. The molecule has 3 aromatic rings. The Morgan fingerprint density at radius 3 is 2.00 bits per heavy atom. The molecule has 2 N–H and O–H groups in total. The largest absolute Gasteiger partial charge is 0.490 e. The van der Waals surface area contributed by atoms with Crippen LogP contribution in [0.15, 0.2) is 60.7 Å². The van der Waals surface area contributed by atoms with Gasteiger partial charge in [0, 0.05) is 24.1 Å². The van der Waals surface area contributed by atoms with Crippen LogP contribution in [-0.2, 0) is 15.6 Å². The summed E-state index contributed by atoms with van der Waals surface area (Å²) in [6, 6.07) is 19.2. The van der Waals surface area contributed by atoms with E-state index < -0.39 is 5.41 Å².